The number of nitrogens with two attached hydrogens (primary N) is 1. The summed E-state index contributed by atoms with van der Waals surface area (Å²) in [5.41, 5.74) is 15.4. The van der Waals surface area contributed by atoms with E-state index >= 15 is 0 Å². The van der Waals surface area contributed by atoms with E-state index in [1.54, 1.807) is 12.3 Å². The average Bonchev–Trinajstić information content (AvgIpc) is 3.41. The SMILES string of the molecule is CC1CCC2NNC(C(=O)N3CCCC3c3ccc(-c4ccc(N)nc4)cn3)C2C1. The molecule has 158 valence electrons. The number of fused-ring (bicyclic) bond motifs is 1. The topological polar surface area (TPSA) is 96.2 Å². The van der Waals surface area contributed by atoms with Crippen LogP contribution in [0.2, 0.25) is 0 Å². The second-order valence-corrected chi connectivity index (χ2v) is 9.09. The maximum absolute atomic E-state index is 13.5. The fourth-order valence-electron chi connectivity index (χ4n) is 5.39. The number of carbonyl (C=O) groups excluding carboxylic acids is 1. The number of nitrogens with zero attached hydrogens (tertiary/aromatic N) is 3. The van der Waals surface area contributed by atoms with Crippen molar-refractivity contribution in [3.05, 3.63) is 42.4 Å². The zero-order valence-electron chi connectivity index (χ0n) is 17.4. The molecular weight excluding hydrogens is 376 g/mol. The molecule has 30 heavy (non-hydrogen) atoms. The molecule has 4 heterocycles. The van der Waals surface area contributed by atoms with Crippen LogP contribution < -0.4 is 16.6 Å². The van der Waals surface area contributed by atoms with Gasteiger partial charge in [0, 0.05) is 42.0 Å². The Hall–Kier alpha value is -2.51. The van der Waals surface area contributed by atoms with E-state index < -0.39 is 0 Å². The molecule has 0 spiro atoms. The summed E-state index contributed by atoms with van der Waals surface area (Å²) < 4.78 is 0. The van der Waals surface area contributed by atoms with Gasteiger partial charge in [-0.15, -0.1) is 0 Å². The Morgan fingerprint density at radius 1 is 1.07 bits per heavy atom. The second kappa shape index (κ2) is 7.96. The monoisotopic (exact) mass is 406 g/mol. The summed E-state index contributed by atoms with van der Waals surface area (Å²) in [5, 5.41) is 0. The minimum atomic E-state index is -0.126. The lowest BCUT2D eigenvalue weighted by atomic mass is 9.76. The van der Waals surface area contributed by atoms with Crippen molar-refractivity contribution in [2.75, 3.05) is 12.3 Å². The normalized spacial score (nSPS) is 31.0. The molecule has 0 radical (unpaired) electrons. The Bertz CT molecular complexity index is 899. The van der Waals surface area contributed by atoms with Gasteiger partial charge >= 0.3 is 0 Å². The molecule has 1 aliphatic carbocycles. The standard InChI is InChI=1S/C23H30N6O/c1-14-4-7-18-17(11-14)22(28-27-18)23(30)29-10-2-3-20(29)19-8-5-15(12-25-19)16-6-9-21(24)26-13-16/h5-6,8-9,12-14,17-18,20,22,27-28H,2-4,7,10-11H2,1H3,(H2,24,26). The molecule has 7 heteroatoms. The van der Waals surface area contributed by atoms with E-state index in [0.717, 1.165) is 49.0 Å². The number of nitrogen functional groups attached to an aromatic ring is 1. The summed E-state index contributed by atoms with van der Waals surface area (Å²) in [5.74, 6) is 1.80. The van der Waals surface area contributed by atoms with Crippen LogP contribution in [0.3, 0.4) is 0 Å². The lowest BCUT2D eigenvalue weighted by molar-refractivity contribution is -0.135. The molecule has 2 aromatic rings. The number of aromatic nitrogens is 2. The lowest BCUT2D eigenvalue weighted by Gasteiger charge is -2.33. The van der Waals surface area contributed by atoms with Crippen LogP contribution in [0.25, 0.3) is 11.1 Å². The van der Waals surface area contributed by atoms with E-state index in [4.69, 9.17) is 10.7 Å². The summed E-state index contributed by atoms with van der Waals surface area (Å²) in [7, 11) is 0. The zero-order chi connectivity index (χ0) is 20.7. The number of likely N-dealkylation sites (tertiary alicyclic amines) is 1. The van der Waals surface area contributed by atoms with Crippen molar-refractivity contribution in [1.29, 1.82) is 0 Å². The Morgan fingerprint density at radius 3 is 2.60 bits per heavy atom. The molecule has 4 N–H and O–H groups in total. The molecule has 0 aromatic carbocycles. The average molecular weight is 407 g/mol. The van der Waals surface area contributed by atoms with Crippen LogP contribution in [0.1, 0.15) is 50.8 Å². The summed E-state index contributed by atoms with van der Waals surface area (Å²) >= 11 is 0. The van der Waals surface area contributed by atoms with Gasteiger partial charge in [0.05, 0.1) is 11.7 Å². The van der Waals surface area contributed by atoms with Crippen LogP contribution in [0.4, 0.5) is 5.82 Å². The Balaban J connectivity index is 1.32. The fourth-order valence-corrected chi connectivity index (χ4v) is 5.39. The molecule has 5 unspecified atom stereocenters. The molecule has 3 aliphatic rings. The van der Waals surface area contributed by atoms with E-state index in [9.17, 15) is 4.79 Å². The zero-order valence-corrected chi connectivity index (χ0v) is 17.4. The van der Waals surface area contributed by atoms with Crippen molar-refractivity contribution >= 4 is 11.7 Å². The summed E-state index contributed by atoms with van der Waals surface area (Å²) in [6, 6.07) is 8.20. The Morgan fingerprint density at radius 2 is 1.87 bits per heavy atom. The predicted octanol–water partition coefficient (Wildman–Crippen LogP) is 2.67. The first kappa shape index (κ1) is 19.5. The van der Waals surface area contributed by atoms with Crippen LogP contribution >= 0.6 is 0 Å². The summed E-state index contributed by atoms with van der Waals surface area (Å²) in [6.45, 7) is 3.11. The van der Waals surface area contributed by atoms with Gasteiger partial charge in [0.1, 0.15) is 11.9 Å². The molecule has 2 aromatic heterocycles. The van der Waals surface area contributed by atoms with Crippen molar-refractivity contribution in [3.8, 4) is 11.1 Å². The van der Waals surface area contributed by atoms with Crippen molar-refractivity contribution in [2.45, 2.75) is 57.2 Å². The maximum atomic E-state index is 13.5. The van der Waals surface area contributed by atoms with E-state index in [-0.39, 0.29) is 18.0 Å². The van der Waals surface area contributed by atoms with Gasteiger partial charge < -0.3 is 10.6 Å². The second-order valence-electron chi connectivity index (χ2n) is 9.09. The maximum Gasteiger partial charge on any atom is 0.241 e. The third-order valence-corrected chi connectivity index (χ3v) is 7.06. The molecular formula is C23H30N6O. The molecule has 7 nitrogen and oxygen atoms in total. The van der Waals surface area contributed by atoms with E-state index in [0.29, 0.717) is 23.7 Å². The largest absolute Gasteiger partial charge is 0.384 e. The summed E-state index contributed by atoms with van der Waals surface area (Å²) in [4.78, 5) is 24.4. The van der Waals surface area contributed by atoms with Crippen LogP contribution in [0, 0.1) is 11.8 Å². The number of carbonyl (C=O) groups is 1. The first-order valence-electron chi connectivity index (χ1n) is 11.1. The number of amides is 1. The van der Waals surface area contributed by atoms with E-state index in [1.807, 2.05) is 23.2 Å². The third-order valence-electron chi connectivity index (χ3n) is 7.06. The van der Waals surface area contributed by atoms with Crippen molar-refractivity contribution in [2.24, 2.45) is 11.8 Å². The number of nitrogens with one attached hydrogen (secondary N) is 2. The number of hydrazine groups is 1. The van der Waals surface area contributed by atoms with Crippen LogP contribution in [0.15, 0.2) is 36.7 Å². The Labute approximate surface area is 177 Å². The highest BCUT2D eigenvalue weighted by molar-refractivity contribution is 5.83. The highest BCUT2D eigenvalue weighted by atomic mass is 16.2. The van der Waals surface area contributed by atoms with Crippen LogP contribution in [-0.4, -0.2) is 39.4 Å². The van der Waals surface area contributed by atoms with Crippen molar-refractivity contribution in [1.82, 2.24) is 25.7 Å². The van der Waals surface area contributed by atoms with Gasteiger partial charge in [-0.05, 0) is 56.2 Å². The van der Waals surface area contributed by atoms with Gasteiger partial charge in [-0.3, -0.25) is 15.2 Å². The molecule has 2 saturated heterocycles. The molecule has 1 saturated carbocycles. The first-order valence-corrected chi connectivity index (χ1v) is 11.1. The minimum Gasteiger partial charge on any atom is -0.384 e. The van der Waals surface area contributed by atoms with Gasteiger partial charge in [-0.2, -0.15) is 0 Å². The number of hydrogen-bond donors (Lipinski definition) is 3. The minimum absolute atomic E-state index is 0.0537. The quantitative estimate of drug-likeness (QED) is 0.725. The highest BCUT2D eigenvalue weighted by Gasteiger charge is 2.46. The summed E-state index contributed by atoms with van der Waals surface area (Å²) in [6.07, 6.45) is 9.12. The number of hydrogen-bond acceptors (Lipinski definition) is 6. The molecule has 2 aliphatic heterocycles. The Kier molecular flexibility index (Phi) is 5.16. The molecule has 1 amide bonds. The van der Waals surface area contributed by atoms with Gasteiger partial charge in [0.2, 0.25) is 5.91 Å². The van der Waals surface area contributed by atoms with Gasteiger partial charge in [0.15, 0.2) is 0 Å². The van der Waals surface area contributed by atoms with Gasteiger partial charge in [-0.25, -0.2) is 10.4 Å². The predicted molar refractivity (Wildman–Crippen MR) is 116 cm³/mol. The molecule has 5 rings (SSSR count). The number of anilines is 1. The number of pyridine rings is 2. The first-order chi connectivity index (χ1) is 14.6. The van der Waals surface area contributed by atoms with Crippen LogP contribution in [0.5, 0.6) is 0 Å². The van der Waals surface area contributed by atoms with E-state index in [1.165, 1.54) is 6.42 Å². The van der Waals surface area contributed by atoms with E-state index in [2.05, 4.69) is 28.8 Å². The van der Waals surface area contributed by atoms with Gasteiger partial charge in [-0.1, -0.05) is 13.0 Å². The third kappa shape index (κ3) is 3.56. The smallest absolute Gasteiger partial charge is 0.241 e. The van der Waals surface area contributed by atoms with Crippen LogP contribution in [-0.2, 0) is 4.79 Å². The molecule has 0 bridgehead atoms. The number of rotatable bonds is 3. The van der Waals surface area contributed by atoms with Crippen molar-refractivity contribution < 1.29 is 4.79 Å². The highest BCUT2D eigenvalue weighted by Crippen LogP contribution is 2.37. The van der Waals surface area contributed by atoms with Gasteiger partial charge in [0.25, 0.3) is 0 Å². The fraction of sp³-hybridized carbons (Fsp3) is 0.522. The lowest BCUT2D eigenvalue weighted by Crippen LogP contribution is -2.48. The van der Waals surface area contributed by atoms with Crippen molar-refractivity contribution in [3.63, 3.8) is 0 Å². The molecule has 5 atom stereocenters. The molecule has 3 fully saturated rings.